The van der Waals surface area contributed by atoms with Crippen LogP contribution in [0.25, 0.3) is 0 Å². The first-order chi connectivity index (χ1) is 36.2. The third-order valence-electron chi connectivity index (χ3n) is 13.2. The molecule has 12 heteroatoms. The van der Waals surface area contributed by atoms with Gasteiger partial charge in [-0.25, -0.2) is 4.57 Å². The summed E-state index contributed by atoms with van der Waals surface area (Å²) in [6.45, 7) is 4.61. The van der Waals surface area contributed by atoms with Gasteiger partial charge in [-0.3, -0.25) is 23.4 Å². The Bertz CT molecular complexity index is 1430. The molecule has 0 aromatic heterocycles. The highest BCUT2D eigenvalue weighted by Gasteiger charge is 2.28. The minimum Gasteiger partial charge on any atom is -0.462 e. The Labute approximate surface area is 453 Å². The Morgan fingerprint density at radius 3 is 1.05 bits per heavy atom. The van der Waals surface area contributed by atoms with Gasteiger partial charge in [-0.15, -0.1) is 0 Å². The van der Waals surface area contributed by atoms with E-state index in [0.29, 0.717) is 19.3 Å². The van der Waals surface area contributed by atoms with E-state index in [1.54, 1.807) is 0 Å². The predicted molar refractivity (Wildman–Crippen MR) is 307 cm³/mol. The maximum atomic E-state index is 12.9. The number of carbonyl (C=O) groups excluding carboxylic acids is 3. The van der Waals surface area contributed by atoms with Crippen LogP contribution >= 0.6 is 7.82 Å². The van der Waals surface area contributed by atoms with Crippen molar-refractivity contribution in [2.45, 2.75) is 303 Å². The number of phosphoric ester groups is 1. The number of aliphatic hydroxyl groups excluding tert-OH is 1. The quantitative estimate of drug-likeness (QED) is 0.0197. The number of carbonyl (C=O) groups is 3. The Balaban J connectivity index is 4.72. The van der Waals surface area contributed by atoms with Crippen LogP contribution in [0.5, 0.6) is 0 Å². The minimum atomic E-state index is -4.75. The Hall–Kier alpha value is -2.56. The molecule has 11 nitrogen and oxygen atoms in total. The van der Waals surface area contributed by atoms with Gasteiger partial charge in [-0.1, -0.05) is 217 Å². The van der Waals surface area contributed by atoms with Crippen molar-refractivity contribution in [2.75, 3.05) is 26.4 Å². The molecule has 0 aliphatic heterocycles. The van der Waals surface area contributed by atoms with Gasteiger partial charge in [0.25, 0.3) is 0 Å². The molecule has 0 fully saturated rings. The lowest BCUT2D eigenvalue weighted by Gasteiger charge is -2.21. The van der Waals surface area contributed by atoms with E-state index in [1.807, 2.05) is 0 Å². The number of hydrogen-bond acceptors (Lipinski definition) is 10. The van der Waals surface area contributed by atoms with Gasteiger partial charge in [0, 0.05) is 19.3 Å². The fourth-order valence-electron chi connectivity index (χ4n) is 8.49. The number of rotatable bonds is 57. The zero-order chi connectivity index (χ0) is 54.1. The molecule has 0 radical (unpaired) electrons. The van der Waals surface area contributed by atoms with Crippen molar-refractivity contribution in [3.05, 3.63) is 48.6 Å². The number of aliphatic hydroxyl groups is 1. The molecule has 0 aliphatic carbocycles. The van der Waals surface area contributed by atoms with E-state index in [0.717, 1.165) is 109 Å². The second kappa shape index (κ2) is 56.6. The number of esters is 3. The third-order valence-corrected chi connectivity index (χ3v) is 14.1. The Morgan fingerprint density at radius 2 is 0.662 bits per heavy atom. The highest BCUT2D eigenvalue weighted by Crippen LogP contribution is 2.43. The monoisotopic (exact) mass is 1060 g/mol. The van der Waals surface area contributed by atoms with E-state index in [1.165, 1.54) is 122 Å². The lowest BCUT2D eigenvalue weighted by Crippen LogP contribution is -2.30. The number of unbranched alkanes of at least 4 members (excludes halogenated alkanes) is 32. The smallest absolute Gasteiger partial charge is 0.462 e. The van der Waals surface area contributed by atoms with Crippen LogP contribution in [0.4, 0.5) is 0 Å². The molecule has 0 rings (SSSR count). The van der Waals surface area contributed by atoms with Gasteiger partial charge in [-0.2, -0.15) is 0 Å². The average Bonchev–Trinajstić information content (AvgIpc) is 3.39. The van der Waals surface area contributed by atoms with Crippen LogP contribution in [0.1, 0.15) is 290 Å². The molecular weight excluding hydrogens is 952 g/mol. The molecule has 0 aliphatic rings. The van der Waals surface area contributed by atoms with Crippen molar-refractivity contribution >= 4 is 25.7 Å². The van der Waals surface area contributed by atoms with Crippen molar-refractivity contribution in [3.63, 3.8) is 0 Å². The van der Waals surface area contributed by atoms with Crippen LogP contribution < -0.4 is 0 Å². The topological polar surface area (TPSA) is 155 Å². The van der Waals surface area contributed by atoms with Crippen molar-refractivity contribution in [2.24, 2.45) is 0 Å². The Morgan fingerprint density at radius 1 is 0.378 bits per heavy atom. The summed E-state index contributed by atoms with van der Waals surface area (Å²) in [5.74, 6) is -1.47. The van der Waals surface area contributed by atoms with E-state index < -0.39 is 57.8 Å². The fourth-order valence-corrected chi connectivity index (χ4v) is 9.28. The van der Waals surface area contributed by atoms with Crippen molar-refractivity contribution in [1.82, 2.24) is 0 Å². The van der Waals surface area contributed by atoms with E-state index in [-0.39, 0.29) is 25.9 Å². The standard InChI is InChI=1S/C62H113O11P/c1-4-7-10-13-16-19-22-25-27-28-29-30-32-35-38-41-44-47-50-53-62(66)73-59(55-69-60(64)51-48-45-42-39-36-34-31-26-23-20-17-14-11-8-5-2)57-71-74(67,68)70-56-58(54-63)72-61(65)52-49-46-43-40-37-33-24-21-18-15-12-9-6-3/h16,19,21,24-27,31,58-59,63H,4-15,17-18,20,22-23,28-30,32-57H2,1-3H3,(H,67,68)/b19-16-,24-21-,27-25-,31-26-. The van der Waals surface area contributed by atoms with Gasteiger partial charge in [-0.05, 0) is 103 Å². The van der Waals surface area contributed by atoms with Gasteiger partial charge in [0.1, 0.15) is 12.7 Å². The van der Waals surface area contributed by atoms with E-state index in [2.05, 4.69) is 69.4 Å². The largest absolute Gasteiger partial charge is 0.472 e. The van der Waals surface area contributed by atoms with Crippen LogP contribution in [-0.4, -0.2) is 66.5 Å². The molecular formula is C62H113O11P. The first-order valence-corrected chi connectivity index (χ1v) is 32.0. The number of allylic oxidation sites excluding steroid dienone is 8. The normalized spacial score (nSPS) is 13.6. The molecule has 0 saturated carbocycles. The highest BCUT2D eigenvalue weighted by molar-refractivity contribution is 7.47. The first kappa shape index (κ1) is 71.4. The molecule has 0 saturated heterocycles. The summed E-state index contributed by atoms with van der Waals surface area (Å²) in [5.41, 5.74) is 0. The molecule has 0 aromatic rings. The molecule has 0 spiro atoms. The summed E-state index contributed by atoms with van der Waals surface area (Å²) in [6.07, 6.45) is 60.6. The van der Waals surface area contributed by atoms with Crippen LogP contribution in [0, 0.1) is 0 Å². The molecule has 0 heterocycles. The van der Waals surface area contributed by atoms with Gasteiger partial charge in [0.05, 0.1) is 19.8 Å². The van der Waals surface area contributed by atoms with Crippen LogP contribution in [0.2, 0.25) is 0 Å². The fraction of sp³-hybridized carbons (Fsp3) is 0.823. The highest BCUT2D eigenvalue weighted by atomic mass is 31.2. The second-order valence-corrected chi connectivity index (χ2v) is 22.0. The maximum Gasteiger partial charge on any atom is 0.472 e. The molecule has 432 valence electrons. The molecule has 3 unspecified atom stereocenters. The van der Waals surface area contributed by atoms with Crippen molar-refractivity contribution in [1.29, 1.82) is 0 Å². The SMILES string of the molecule is CCCCC/C=C\C/C=C\CCCCCCCCCCCC(=O)OC(COC(=O)CCCCCCC/C=C\CCCCCCCC)COP(=O)(O)OCC(CO)OC(=O)CCCCCCC/C=C\CCCCCC. The summed E-state index contributed by atoms with van der Waals surface area (Å²) in [7, 11) is -4.75. The summed E-state index contributed by atoms with van der Waals surface area (Å²) in [4.78, 5) is 48.6. The molecule has 3 atom stereocenters. The summed E-state index contributed by atoms with van der Waals surface area (Å²) < 4.78 is 39.6. The second-order valence-electron chi connectivity index (χ2n) is 20.5. The van der Waals surface area contributed by atoms with E-state index in [4.69, 9.17) is 23.3 Å². The van der Waals surface area contributed by atoms with Crippen molar-refractivity contribution in [3.8, 4) is 0 Å². The number of ether oxygens (including phenoxy) is 3. The lowest BCUT2D eigenvalue weighted by atomic mass is 10.1. The molecule has 0 amide bonds. The summed E-state index contributed by atoms with van der Waals surface area (Å²) >= 11 is 0. The first-order valence-electron chi connectivity index (χ1n) is 30.5. The predicted octanol–water partition coefficient (Wildman–Crippen LogP) is 18.1. The maximum absolute atomic E-state index is 12.9. The lowest BCUT2D eigenvalue weighted by molar-refractivity contribution is -0.161. The average molecular weight is 1070 g/mol. The van der Waals surface area contributed by atoms with E-state index >= 15 is 0 Å². The number of hydrogen-bond donors (Lipinski definition) is 2. The zero-order valence-corrected chi connectivity index (χ0v) is 48.7. The molecule has 0 aromatic carbocycles. The molecule has 0 bridgehead atoms. The van der Waals surface area contributed by atoms with Gasteiger partial charge in [0.2, 0.25) is 0 Å². The molecule has 74 heavy (non-hydrogen) atoms. The van der Waals surface area contributed by atoms with Gasteiger partial charge < -0.3 is 24.2 Å². The minimum absolute atomic E-state index is 0.162. The Kier molecular flexibility index (Phi) is 54.7. The van der Waals surface area contributed by atoms with Crippen LogP contribution in [0.15, 0.2) is 48.6 Å². The van der Waals surface area contributed by atoms with Crippen molar-refractivity contribution < 1.29 is 52.2 Å². The number of phosphoric acid groups is 1. The van der Waals surface area contributed by atoms with Crippen LogP contribution in [0.3, 0.4) is 0 Å². The van der Waals surface area contributed by atoms with Gasteiger partial charge in [0.15, 0.2) is 6.10 Å². The van der Waals surface area contributed by atoms with E-state index in [9.17, 15) is 28.9 Å². The van der Waals surface area contributed by atoms with Gasteiger partial charge >= 0.3 is 25.7 Å². The summed E-state index contributed by atoms with van der Waals surface area (Å²) in [5, 5.41) is 9.82. The van der Waals surface area contributed by atoms with Crippen LogP contribution in [-0.2, 0) is 42.2 Å². The zero-order valence-electron chi connectivity index (χ0n) is 47.8. The summed E-state index contributed by atoms with van der Waals surface area (Å²) in [6, 6.07) is 0. The third kappa shape index (κ3) is 54.2. The molecule has 2 N–H and O–H groups in total.